The molecule has 0 amide bonds. The molecule has 2 nitrogen and oxygen atoms in total. The van der Waals surface area contributed by atoms with Crippen LogP contribution in [0.4, 0.5) is 8.78 Å². The van der Waals surface area contributed by atoms with E-state index >= 15 is 0 Å². The van der Waals surface area contributed by atoms with Crippen LogP contribution in [0.2, 0.25) is 0 Å². The van der Waals surface area contributed by atoms with Crippen LogP contribution < -0.4 is 0 Å². The first-order valence-electron chi connectivity index (χ1n) is 11.1. The highest BCUT2D eigenvalue weighted by Gasteiger charge is 2.61. The van der Waals surface area contributed by atoms with E-state index in [1.807, 2.05) is 13.8 Å². The van der Waals surface area contributed by atoms with Crippen molar-refractivity contribution < 1.29 is 19.0 Å². The fraction of sp³-hybridized carbons (Fsp3) is 0.760. The summed E-state index contributed by atoms with van der Waals surface area (Å²) < 4.78 is 26.7. The summed E-state index contributed by atoms with van der Waals surface area (Å²) in [7, 11) is 0. The van der Waals surface area contributed by atoms with Gasteiger partial charge in [-0.15, -0.1) is 0 Å². The molecule has 3 aliphatic carbocycles. The van der Waals surface area contributed by atoms with Gasteiger partial charge in [-0.1, -0.05) is 57.6 Å². The maximum atomic E-state index is 13.3. The molecule has 0 saturated heterocycles. The zero-order valence-electron chi connectivity index (χ0n) is 18.5. The molecule has 29 heavy (non-hydrogen) atoms. The predicted octanol–water partition coefficient (Wildman–Crippen LogP) is 6.20. The summed E-state index contributed by atoms with van der Waals surface area (Å²) in [5.74, 6) is 0.420. The van der Waals surface area contributed by atoms with Crippen molar-refractivity contribution in [2.24, 2.45) is 22.2 Å². The molecule has 0 aliphatic heterocycles. The van der Waals surface area contributed by atoms with E-state index in [4.69, 9.17) is 0 Å². The molecule has 5 atom stereocenters. The smallest absolute Gasteiger partial charge is 0.239 e. The van der Waals surface area contributed by atoms with Crippen molar-refractivity contribution in [3.63, 3.8) is 0 Å². The van der Waals surface area contributed by atoms with Gasteiger partial charge in [0.2, 0.25) is 6.43 Å². The zero-order chi connectivity index (χ0) is 21.6. The number of fused-ring (bicyclic) bond motifs is 1. The number of hydrogen-bond acceptors (Lipinski definition) is 2. The van der Waals surface area contributed by atoms with E-state index in [1.165, 1.54) is 5.57 Å². The number of halogens is 2. The molecule has 0 aromatic rings. The van der Waals surface area contributed by atoms with Gasteiger partial charge in [0.05, 0.1) is 12.2 Å². The Kier molecular flexibility index (Phi) is 6.20. The molecule has 3 rings (SSSR count). The minimum Gasteiger partial charge on any atom is -0.388 e. The van der Waals surface area contributed by atoms with Crippen molar-refractivity contribution in [1.29, 1.82) is 0 Å². The lowest BCUT2D eigenvalue weighted by Crippen LogP contribution is -2.49. The van der Waals surface area contributed by atoms with Crippen molar-refractivity contribution in [1.82, 2.24) is 0 Å². The summed E-state index contributed by atoms with van der Waals surface area (Å²) in [6.45, 7) is 12.4. The Morgan fingerprint density at radius 1 is 1.14 bits per heavy atom. The SMILES string of the molecule is C=C1[C@H](O)CC(=C/C=C2\CCC[C@@]3(C)[C@H]2CC[C@]3(C)C(C)(C)CC(F)F)C[C@H]1O. The van der Waals surface area contributed by atoms with Crippen LogP contribution in [0, 0.1) is 22.2 Å². The van der Waals surface area contributed by atoms with Gasteiger partial charge in [0.15, 0.2) is 0 Å². The average Bonchev–Trinajstić information content (AvgIpc) is 2.90. The Morgan fingerprint density at radius 2 is 1.76 bits per heavy atom. The van der Waals surface area contributed by atoms with Crippen LogP contribution in [0.25, 0.3) is 0 Å². The summed E-state index contributed by atoms with van der Waals surface area (Å²) >= 11 is 0. The maximum Gasteiger partial charge on any atom is 0.239 e. The van der Waals surface area contributed by atoms with Gasteiger partial charge in [0.1, 0.15) is 0 Å². The Morgan fingerprint density at radius 3 is 2.34 bits per heavy atom. The number of hydrogen-bond donors (Lipinski definition) is 2. The zero-order valence-corrected chi connectivity index (χ0v) is 18.5. The van der Waals surface area contributed by atoms with Crippen molar-refractivity contribution >= 4 is 0 Å². The summed E-state index contributed by atoms with van der Waals surface area (Å²) in [5, 5.41) is 20.2. The van der Waals surface area contributed by atoms with Gasteiger partial charge >= 0.3 is 0 Å². The van der Waals surface area contributed by atoms with E-state index in [2.05, 4.69) is 32.6 Å². The Balaban J connectivity index is 1.86. The van der Waals surface area contributed by atoms with Crippen LogP contribution >= 0.6 is 0 Å². The molecule has 0 bridgehead atoms. The molecule has 3 saturated carbocycles. The highest BCUT2D eigenvalue weighted by molar-refractivity contribution is 5.30. The summed E-state index contributed by atoms with van der Waals surface area (Å²) in [5.41, 5.74) is 2.46. The van der Waals surface area contributed by atoms with Crippen LogP contribution in [-0.2, 0) is 0 Å². The third kappa shape index (κ3) is 3.87. The van der Waals surface area contributed by atoms with E-state index in [-0.39, 0.29) is 17.3 Å². The summed E-state index contributed by atoms with van der Waals surface area (Å²) in [6, 6.07) is 0. The average molecular weight is 409 g/mol. The Hall–Kier alpha value is -1.00. The van der Waals surface area contributed by atoms with Gasteiger partial charge < -0.3 is 10.2 Å². The number of allylic oxidation sites excluding steroid dienone is 3. The van der Waals surface area contributed by atoms with Gasteiger partial charge in [-0.2, -0.15) is 0 Å². The first-order chi connectivity index (χ1) is 13.4. The van der Waals surface area contributed by atoms with Gasteiger partial charge in [0, 0.05) is 6.42 Å². The molecular weight excluding hydrogens is 370 g/mol. The number of alkyl halides is 2. The molecule has 0 spiro atoms. The molecular formula is C25H38F2O2. The van der Waals surface area contributed by atoms with E-state index in [0.29, 0.717) is 24.3 Å². The topological polar surface area (TPSA) is 40.5 Å². The van der Waals surface area contributed by atoms with E-state index < -0.39 is 24.0 Å². The second kappa shape index (κ2) is 7.92. The molecule has 4 heteroatoms. The van der Waals surface area contributed by atoms with Gasteiger partial charge in [-0.3, -0.25) is 0 Å². The van der Waals surface area contributed by atoms with Gasteiger partial charge in [0.25, 0.3) is 0 Å². The minimum absolute atomic E-state index is 0.0217. The predicted molar refractivity (Wildman–Crippen MR) is 114 cm³/mol. The van der Waals surface area contributed by atoms with E-state index in [0.717, 1.165) is 37.7 Å². The molecule has 0 aromatic carbocycles. The lowest BCUT2D eigenvalue weighted by molar-refractivity contribution is -0.0755. The van der Waals surface area contributed by atoms with Crippen LogP contribution in [-0.4, -0.2) is 28.8 Å². The molecule has 3 fully saturated rings. The Labute approximate surface area is 174 Å². The van der Waals surface area contributed by atoms with E-state index in [1.54, 1.807) is 0 Å². The van der Waals surface area contributed by atoms with Crippen molar-refractivity contribution in [3.8, 4) is 0 Å². The highest BCUT2D eigenvalue weighted by atomic mass is 19.3. The fourth-order valence-electron chi connectivity index (χ4n) is 6.65. The molecule has 0 unspecified atom stereocenters. The summed E-state index contributed by atoms with van der Waals surface area (Å²) in [4.78, 5) is 0. The molecule has 0 aromatic heterocycles. The minimum atomic E-state index is -2.27. The van der Waals surface area contributed by atoms with Crippen LogP contribution in [0.15, 0.2) is 35.5 Å². The third-order valence-corrected chi connectivity index (χ3v) is 9.03. The maximum absolute atomic E-state index is 13.3. The molecule has 0 heterocycles. The first kappa shape index (κ1) is 22.7. The quantitative estimate of drug-likeness (QED) is 0.544. The lowest BCUT2D eigenvalue weighted by atomic mass is 9.49. The van der Waals surface area contributed by atoms with Crippen molar-refractivity contribution in [3.05, 3.63) is 35.5 Å². The van der Waals surface area contributed by atoms with Gasteiger partial charge in [-0.05, 0) is 72.7 Å². The lowest BCUT2D eigenvalue weighted by Gasteiger charge is -2.56. The molecule has 0 radical (unpaired) electrons. The highest BCUT2D eigenvalue weighted by Crippen LogP contribution is 2.69. The normalized spacial score (nSPS) is 39.9. The fourth-order valence-corrected chi connectivity index (χ4v) is 6.65. The van der Waals surface area contributed by atoms with Crippen molar-refractivity contribution in [2.75, 3.05) is 0 Å². The van der Waals surface area contributed by atoms with Crippen molar-refractivity contribution in [2.45, 2.75) is 97.7 Å². The monoisotopic (exact) mass is 408 g/mol. The first-order valence-corrected chi connectivity index (χ1v) is 11.1. The second-order valence-corrected chi connectivity index (χ2v) is 10.8. The second-order valence-electron chi connectivity index (χ2n) is 10.8. The summed E-state index contributed by atoms with van der Waals surface area (Å²) in [6.07, 6.45) is 6.94. The van der Waals surface area contributed by atoms with Crippen LogP contribution in [0.1, 0.15) is 79.1 Å². The molecule has 164 valence electrons. The molecule has 3 aliphatic rings. The third-order valence-electron chi connectivity index (χ3n) is 9.03. The number of aliphatic hydroxyl groups excluding tert-OH is 2. The largest absolute Gasteiger partial charge is 0.388 e. The standard InChI is InChI=1S/C25H38F2O2/c1-16-20(28)13-17(14-21(16)29)8-9-18-7-6-11-24(4)19(18)10-12-25(24,5)23(2,3)15-22(26)27/h8-9,19-22,28-29H,1,6-7,10-15H2,2-5H3/b18-9+/t19-,20+,21+,24-,25+/m0/s1. The number of rotatable bonds is 4. The molecule has 2 N–H and O–H groups in total. The van der Waals surface area contributed by atoms with Crippen LogP contribution in [0.5, 0.6) is 0 Å². The van der Waals surface area contributed by atoms with Crippen LogP contribution in [0.3, 0.4) is 0 Å². The van der Waals surface area contributed by atoms with E-state index in [9.17, 15) is 19.0 Å². The Bertz CT molecular complexity index is 692. The van der Waals surface area contributed by atoms with Gasteiger partial charge in [-0.25, -0.2) is 8.78 Å². The number of aliphatic hydroxyl groups is 2.